The van der Waals surface area contributed by atoms with E-state index in [1.54, 1.807) is 18.2 Å². The summed E-state index contributed by atoms with van der Waals surface area (Å²) < 4.78 is 36.6. The van der Waals surface area contributed by atoms with Crippen LogP contribution in [0.15, 0.2) is 47.4 Å². The molecule has 0 fully saturated rings. The number of nitrogens with one attached hydrogen (secondary N) is 2. The Bertz CT molecular complexity index is 990. The maximum absolute atomic E-state index is 12.7. The standard InChI is InChI=1S/C19H23N3O6S/c1-13(23)20-14-5-8-16(9-6-14)29(25,26)22(2)12-19(24)21-17-10-7-15(27-3)11-18(17)28-4/h5-11H,12H2,1-4H3,(H,20,23)(H,21,24). The van der Waals surface area contributed by atoms with Crippen LogP contribution >= 0.6 is 0 Å². The zero-order valence-electron chi connectivity index (χ0n) is 16.6. The largest absolute Gasteiger partial charge is 0.497 e. The lowest BCUT2D eigenvalue weighted by atomic mass is 10.2. The number of nitrogens with zero attached hydrogens (tertiary/aromatic N) is 1. The van der Waals surface area contributed by atoms with Crippen molar-refractivity contribution in [1.29, 1.82) is 0 Å². The number of likely N-dealkylation sites (N-methyl/N-ethyl adjacent to an activating group) is 1. The monoisotopic (exact) mass is 421 g/mol. The first kappa shape index (κ1) is 22.2. The van der Waals surface area contributed by atoms with E-state index in [1.165, 1.54) is 52.5 Å². The van der Waals surface area contributed by atoms with Gasteiger partial charge in [-0.25, -0.2) is 8.42 Å². The molecule has 29 heavy (non-hydrogen) atoms. The Morgan fingerprint density at radius 2 is 1.66 bits per heavy atom. The highest BCUT2D eigenvalue weighted by molar-refractivity contribution is 7.89. The summed E-state index contributed by atoms with van der Waals surface area (Å²) in [6.07, 6.45) is 0. The van der Waals surface area contributed by atoms with E-state index >= 15 is 0 Å². The van der Waals surface area contributed by atoms with Crippen LogP contribution in [0.2, 0.25) is 0 Å². The molecular weight excluding hydrogens is 398 g/mol. The average Bonchev–Trinajstić information content (AvgIpc) is 2.68. The first-order chi connectivity index (χ1) is 13.7. The molecule has 0 unspecified atom stereocenters. The Morgan fingerprint density at radius 3 is 2.21 bits per heavy atom. The second-order valence-corrected chi connectivity index (χ2v) is 8.13. The molecule has 0 saturated carbocycles. The Kier molecular flexibility index (Phi) is 7.18. The first-order valence-corrected chi connectivity index (χ1v) is 9.97. The average molecular weight is 421 g/mol. The summed E-state index contributed by atoms with van der Waals surface area (Å²) in [7, 11) is 0.378. The second-order valence-electron chi connectivity index (χ2n) is 6.08. The third-order valence-electron chi connectivity index (χ3n) is 3.93. The minimum atomic E-state index is -3.89. The van der Waals surface area contributed by atoms with Gasteiger partial charge < -0.3 is 20.1 Å². The number of carbonyl (C=O) groups is 2. The van der Waals surface area contributed by atoms with E-state index < -0.39 is 22.5 Å². The topological polar surface area (TPSA) is 114 Å². The van der Waals surface area contributed by atoms with Crippen LogP contribution in [0.5, 0.6) is 11.5 Å². The van der Waals surface area contributed by atoms with Gasteiger partial charge >= 0.3 is 0 Å². The van der Waals surface area contributed by atoms with Gasteiger partial charge in [0, 0.05) is 25.7 Å². The molecule has 0 aliphatic heterocycles. The number of ether oxygens (including phenoxy) is 2. The van der Waals surface area contributed by atoms with Gasteiger partial charge in [-0.3, -0.25) is 9.59 Å². The number of rotatable bonds is 8. The minimum absolute atomic E-state index is 0.00364. The molecule has 0 aliphatic rings. The maximum Gasteiger partial charge on any atom is 0.243 e. The summed E-state index contributed by atoms with van der Waals surface area (Å²) in [5.74, 6) is 0.150. The smallest absolute Gasteiger partial charge is 0.243 e. The molecule has 2 N–H and O–H groups in total. The van der Waals surface area contributed by atoms with Gasteiger partial charge in [0.25, 0.3) is 0 Å². The van der Waals surface area contributed by atoms with Crippen molar-refractivity contribution in [2.45, 2.75) is 11.8 Å². The molecule has 2 amide bonds. The zero-order chi connectivity index (χ0) is 21.6. The van der Waals surface area contributed by atoms with Gasteiger partial charge in [0.15, 0.2) is 0 Å². The number of sulfonamides is 1. The van der Waals surface area contributed by atoms with Crippen LogP contribution in [-0.2, 0) is 19.6 Å². The normalized spacial score (nSPS) is 11.1. The Labute approximate surface area is 169 Å². The van der Waals surface area contributed by atoms with Crippen molar-refractivity contribution in [2.75, 3.05) is 38.4 Å². The Balaban J connectivity index is 2.09. The number of hydrogen-bond acceptors (Lipinski definition) is 6. The Morgan fingerprint density at radius 1 is 1.00 bits per heavy atom. The van der Waals surface area contributed by atoms with Crippen molar-refractivity contribution in [3.63, 3.8) is 0 Å². The van der Waals surface area contributed by atoms with Crippen molar-refractivity contribution in [1.82, 2.24) is 4.31 Å². The summed E-state index contributed by atoms with van der Waals surface area (Å²) in [5.41, 5.74) is 0.868. The molecule has 0 spiro atoms. The van der Waals surface area contributed by atoms with Crippen LogP contribution in [0.1, 0.15) is 6.92 Å². The van der Waals surface area contributed by atoms with Gasteiger partial charge in [-0.2, -0.15) is 4.31 Å². The lowest BCUT2D eigenvalue weighted by molar-refractivity contribution is -0.116. The van der Waals surface area contributed by atoms with Crippen LogP contribution in [0, 0.1) is 0 Å². The van der Waals surface area contributed by atoms with Gasteiger partial charge in [0.2, 0.25) is 21.8 Å². The molecule has 2 aromatic rings. The van der Waals surface area contributed by atoms with Crippen molar-refractivity contribution in [3.8, 4) is 11.5 Å². The van der Waals surface area contributed by atoms with Crippen molar-refractivity contribution < 1.29 is 27.5 Å². The van der Waals surface area contributed by atoms with Crippen LogP contribution in [-0.4, -0.2) is 52.3 Å². The predicted octanol–water partition coefficient (Wildman–Crippen LogP) is 1.92. The van der Waals surface area contributed by atoms with Crippen molar-refractivity contribution in [3.05, 3.63) is 42.5 Å². The summed E-state index contributed by atoms with van der Waals surface area (Å²) >= 11 is 0. The molecule has 9 nitrogen and oxygen atoms in total. The molecule has 0 heterocycles. The molecule has 156 valence electrons. The molecule has 0 atom stereocenters. The fourth-order valence-electron chi connectivity index (χ4n) is 2.47. The number of methoxy groups -OCH3 is 2. The fourth-order valence-corrected chi connectivity index (χ4v) is 3.60. The van der Waals surface area contributed by atoms with Crippen LogP contribution in [0.4, 0.5) is 11.4 Å². The number of anilines is 2. The molecule has 0 radical (unpaired) electrons. The van der Waals surface area contributed by atoms with E-state index in [9.17, 15) is 18.0 Å². The molecule has 0 bridgehead atoms. The van der Waals surface area contributed by atoms with Crippen molar-refractivity contribution in [2.24, 2.45) is 0 Å². The molecular formula is C19H23N3O6S. The van der Waals surface area contributed by atoms with E-state index in [0.717, 1.165) is 4.31 Å². The summed E-state index contributed by atoms with van der Waals surface area (Å²) in [4.78, 5) is 23.4. The number of amides is 2. The third-order valence-corrected chi connectivity index (χ3v) is 5.75. The van der Waals surface area contributed by atoms with Gasteiger partial charge in [0.1, 0.15) is 11.5 Å². The fraction of sp³-hybridized carbons (Fsp3) is 0.263. The van der Waals surface area contributed by atoms with E-state index in [4.69, 9.17) is 9.47 Å². The van der Waals surface area contributed by atoms with Gasteiger partial charge in [-0.15, -0.1) is 0 Å². The molecule has 0 aromatic heterocycles. The molecule has 10 heteroatoms. The third kappa shape index (κ3) is 5.69. The lowest BCUT2D eigenvalue weighted by Gasteiger charge is -2.18. The number of hydrogen-bond donors (Lipinski definition) is 2. The number of carbonyl (C=O) groups excluding carboxylic acids is 2. The second kappa shape index (κ2) is 9.39. The molecule has 0 saturated heterocycles. The Hall–Kier alpha value is -3.11. The van der Waals surface area contributed by atoms with E-state index in [-0.39, 0.29) is 10.8 Å². The lowest BCUT2D eigenvalue weighted by Crippen LogP contribution is -2.35. The van der Waals surface area contributed by atoms with Crippen molar-refractivity contribution >= 4 is 33.2 Å². The van der Waals surface area contributed by atoms with Crippen LogP contribution < -0.4 is 20.1 Å². The van der Waals surface area contributed by atoms with Gasteiger partial charge in [0.05, 0.1) is 31.3 Å². The van der Waals surface area contributed by atoms with Gasteiger partial charge in [-0.05, 0) is 36.4 Å². The van der Waals surface area contributed by atoms with Crippen LogP contribution in [0.25, 0.3) is 0 Å². The predicted molar refractivity (Wildman–Crippen MR) is 109 cm³/mol. The summed E-state index contributed by atoms with van der Waals surface area (Å²) in [5, 5.41) is 5.18. The van der Waals surface area contributed by atoms with E-state index in [1.807, 2.05) is 0 Å². The first-order valence-electron chi connectivity index (χ1n) is 8.53. The number of benzene rings is 2. The highest BCUT2D eigenvalue weighted by atomic mass is 32.2. The highest BCUT2D eigenvalue weighted by Gasteiger charge is 2.23. The quantitative estimate of drug-likeness (QED) is 0.673. The molecule has 0 aliphatic carbocycles. The zero-order valence-corrected chi connectivity index (χ0v) is 17.4. The summed E-state index contributed by atoms with van der Waals surface area (Å²) in [6, 6.07) is 10.5. The maximum atomic E-state index is 12.7. The summed E-state index contributed by atoms with van der Waals surface area (Å²) in [6.45, 7) is 0.958. The van der Waals surface area contributed by atoms with E-state index in [2.05, 4.69) is 10.6 Å². The molecule has 2 aromatic carbocycles. The molecule has 2 rings (SSSR count). The van der Waals surface area contributed by atoms with Gasteiger partial charge in [-0.1, -0.05) is 0 Å². The minimum Gasteiger partial charge on any atom is -0.497 e. The van der Waals surface area contributed by atoms with Crippen LogP contribution in [0.3, 0.4) is 0 Å². The SMILES string of the molecule is COc1ccc(NC(=O)CN(C)S(=O)(=O)c2ccc(NC(C)=O)cc2)c(OC)c1. The van der Waals surface area contributed by atoms with E-state index in [0.29, 0.717) is 22.9 Å². The highest BCUT2D eigenvalue weighted by Crippen LogP contribution is 2.29.